The number of nitrogens with one attached hydrogen (secondary N) is 1. The molecule has 3 fully saturated rings. The lowest BCUT2D eigenvalue weighted by molar-refractivity contribution is 0.0195. The first-order valence-electron chi connectivity index (χ1n) is 10.1. The molecule has 1 atom stereocenters. The monoisotopic (exact) mass is 336 g/mol. The maximum absolute atomic E-state index is 5.48. The molecule has 2 heterocycles. The van der Waals surface area contributed by atoms with Crippen LogP contribution in [0.4, 0.5) is 0 Å². The van der Waals surface area contributed by atoms with Crippen LogP contribution in [0.2, 0.25) is 0 Å². The van der Waals surface area contributed by atoms with E-state index < -0.39 is 0 Å². The van der Waals surface area contributed by atoms with Gasteiger partial charge in [0, 0.05) is 45.8 Å². The van der Waals surface area contributed by atoms with Gasteiger partial charge in [-0.05, 0) is 18.8 Å². The van der Waals surface area contributed by atoms with Crippen LogP contribution < -0.4 is 5.32 Å². The summed E-state index contributed by atoms with van der Waals surface area (Å²) in [4.78, 5) is 9.55. The predicted octanol–water partition coefficient (Wildman–Crippen LogP) is 2.33. The van der Waals surface area contributed by atoms with Crippen LogP contribution in [0.3, 0.4) is 0 Å². The van der Waals surface area contributed by atoms with E-state index >= 15 is 0 Å². The molecule has 24 heavy (non-hydrogen) atoms. The van der Waals surface area contributed by atoms with Gasteiger partial charge in [-0.2, -0.15) is 0 Å². The largest absolute Gasteiger partial charge is 0.379 e. The quantitative estimate of drug-likeness (QED) is 0.459. The fourth-order valence-electron chi connectivity index (χ4n) is 4.56. The molecule has 138 valence electrons. The first-order valence-corrected chi connectivity index (χ1v) is 10.1. The van der Waals surface area contributed by atoms with Crippen molar-refractivity contribution in [3.63, 3.8) is 0 Å². The van der Waals surface area contributed by atoms with Crippen LogP contribution in [-0.4, -0.2) is 74.8 Å². The molecule has 2 saturated heterocycles. The molecule has 3 rings (SSSR count). The molecule has 3 aliphatic rings. The minimum Gasteiger partial charge on any atom is -0.379 e. The van der Waals surface area contributed by atoms with E-state index in [1.165, 1.54) is 51.4 Å². The summed E-state index contributed by atoms with van der Waals surface area (Å²) in [5.41, 5.74) is 0. The summed E-state index contributed by atoms with van der Waals surface area (Å²) in [6.45, 7) is 7.27. The topological polar surface area (TPSA) is 40.1 Å². The summed E-state index contributed by atoms with van der Waals surface area (Å²) >= 11 is 0. The number of hydrogen-bond acceptors (Lipinski definition) is 3. The Balaban J connectivity index is 1.32. The lowest BCUT2D eigenvalue weighted by atomic mass is 10.0. The van der Waals surface area contributed by atoms with Gasteiger partial charge in [0.2, 0.25) is 0 Å². The third-order valence-corrected chi connectivity index (χ3v) is 6.03. The first-order chi connectivity index (χ1) is 11.9. The maximum atomic E-state index is 5.48. The van der Waals surface area contributed by atoms with E-state index in [9.17, 15) is 0 Å². The number of nitrogens with zero attached hydrogens (tertiary/aromatic N) is 3. The Kier molecular flexibility index (Phi) is 7.21. The molecule has 0 amide bonds. The van der Waals surface area contributed by atoms with Crippen LogP contribution in [0.1, 0.15) is 51.4 Å². The molecular weight excluding hydrogens is 300 g/mol. The van der Waals surface area contributed by atoms with Gasteiger partial charge in [0.15, 0.2) is 5.96 Å². The highest BCUT2D eigenvalue weighted by Crippen LogP contribution is 2.28. The molecule has 1 aliphatic carbocycles. The third-order valence-electron chi connectivity index (χ3n) is 6.03. The van der Waals surface area contributed by atoms with E-state index in [0.717, 1.165) is 57.8 Å². The van der Waals surface area contributed by atoms with Crippen LogP contribution in [0, 0.1) is 5.92 Å². The molecule has 0 aromatic rings. The summed E-state index contributed by atoms with van der Waals surface area (Å²) in [5, 5.41) is 3.59. The average molecular weight is 337 g/mol. The molecular formula is C19H36N4O. The van der Waals surface area contributed by atoms with E-state index in [4.69, 9.17) is 4.74 Å². The Labute approximate surface area is 147 Å². The fourth-order valence-corrected chi connectivity index (χ4v) is 4.56. The standard InChI is InChI=1S/C19H36N4O/c1-20-19(21-10-5-4-8-17-6-2-3-7-17)23-11-9-18(16-23)22-12-14-24-15-13-22/h17-18H,2-16H2,1H3,(H,20,21). The molecule has 1 N–H and O–H groups in total. The van der Waals surface area contributed by atoms with Crippen molar-refractivity contribution in [2.24, 2.45) is 10.9 Å². The summed E-state index contributed by atoms with van der Waals surface area (Å²) in [6.07, 6.45) is 11.2. The lowest BCUT2D eigenvalue weighted by Crippen LogP contribution is -2.46. The van der Waals surface area contributed by atoms with Gasteiger partial charge in [0.25, 0.3) is 0 Å². The van der Waals surface area contributed by atoms with Gasteiger partial charge in [-0.3, -0.25) is 9.89 Å². The maximum Gasteiger partial charge on any atom is 0.193 e. The summed E-state index contributed by atoms with van der Waals surface area (Å²) in [5.74, 6) is 2.13. The normalized spacial score (nSPS) is 27.1. The molecule has 1 unspecified atom stereocenters. The molecule has 5 heteroatoms. The van der Waals surface area contributed by atoms with Crippen molar-refractivity contribution in [2.45, 2.75) is 57.4 Å². The minimum absolute atomic E-state index is 0.676. The third kappa shape index (κ3) is 5.09. The average Bonchev–Trinajstić information content (AvgIpc) is 3.31. The highest BCUT2D eigenvalue weighted by Gasteiger charge is 2.30. The number of rotatable bonds is 6. The number of ether oxygens (including phenoxy) is 1. The summed E-state index contributed by atoms with van der Waals surface area (Å²) < 4.78 is 5.48. The number of aliphatic imine (C=N–C) groups is 1. The van der Waals surface area contributed by atoms with Crippen molar-refractivity contribution in [1.82, 2.24) is 15.1 Å². The smallest absolute Gasteiger partial charge is 0.193 e. The van der Waals surface area contributed by atoms with Crippen molar-refractivity contribution >= 4 is 5.96 Å². The second-order valence-electron chi connectivity index (χ2n) is 7.66. The number of likely N-dealkylation sites (tertiary alicyclic amines) is 1. The molecule has 0 aromatic heterocycles. The van der Waals surface area contributed by atoms with Gasteiger partial charge in [0.05, 0.1) is 13.2 Å². The van der Waals surface area contributed by atoms with Crippen molar-refractivity contribution in [1.29, 1.82) is 0 Å². The number of unbranched alkanes of at least 4 members (excludes halogenated alkanes) is 1. The van der Waals surface area contributed by atoms with Crippen LogP contribution >= 0.6 is 0 Å². The zero-order valence-corrected chi connectivity index (χ0v) is 15.5. The molecule has 0 bridgehead atoms. The van der Waals surface area contributed by atoms with Crippen molar-refractivity contribution in [3.05, 3.63) is 0 Å². The van der Waals surface area contributed by atoms with E-state index in [2.05, 4.69) is 20.1 Å². The summed E-state index contributed by atoms with van der Waals surface area (Å²) in [6, 6.07) is 0.676. The second-order valence-corrected chi connectivity index (χ2v) is 7.66. The Morgan fingerprint density at radius 1 is 1.08 bits per heavy atom. The van der Waals surface area contributed by atoms with Crippen molar-refractivity contribution in [2.75, 3.05) is 53.0 Å². The van der Waals surface area contributed by atoms with E-state index in [1.54, 1.807) is 0 Å². The highest BCUT2D eigenvalue weighted by atomic mass is 16.5. The molecule has 2 aliphatic heterocycles. The number of morpholine rings is 1. The van der Waals surface area contributed by atoms with E-state index in [0.29, 0.717) is 6.04 Å². The number of guanidine groups is 1. The number of hydrogen-bond donors (Lipinski definition) is 1. The Hall–Kier alpha value is -0.810. The van der Waals surface area contributed by atoms with Gasteiger partial charge >= 0.3 is 0 Å². The zero-order valence-electron chi connectivity index (χ0n) is 15.5. The highest BCUT2D eigenvalue weighted by molar-refractivity contribution is 5.80. The first kappa shape index (κ1) is 18.0. The van der Waals surface area contributed by atoms with Gasteiger partial charge in [-0.25, -0.2) is 0 Å². The predicted molar refractivity (Wildman–Crippen MR) is 99.5 cm³/mol. The molecule has 0 spiro atoms. The molecule has 0 radical (unpaired) electrons. The van der Waals surface area contributed by atoms with Gasteiger partial charge < -0.3 is 15.0 Å². The fraction of sp³-hybridized carbons (Fsp3) is 0.947. The second kappa shape index (κ2) is 9.62. The van der Waals surface area contributed by atoms with Crippen LogP contribution in [0.5, 0.6) is 0 Å². The van der Waals surface area contributed by atoms with Crippen molar-refractivity contribution < 1.29 is 4.74 Å². The summed E-state index contributed by atoms with van der Waals surface area (Å²) in [7, 11) is 1.92. The van der Waals surface area contributed by atoms with Gasteiger partial charge in [0.1, 0.15) is 0 Å². The van der Waals surface area contributed by atoms with Crippen LogP contribution in [0.25, 0.3) is 0 Å². The van der Waals surface area contributed by atoms with E-state index in [1.807, 2.05) is 7.05 Å². The SMILES string of the molecule is CN=C(NCCCCC1CCCC1)N1CCC(N2CCOCC2)C1. The molecule has 5 nitrogen and oxygen atoms in total. The molecule has 1 saturated carbocycles. The Morgan fingerprint density at radius 2 is 1.88 bits per heavy atom. The van der Waals surface area contributed by atoms with Gasteiger partial charge in [-0.15, -0.1) is 0 Å². The van der Waals surface area contributed by atoms with Gasteiger partial charge in [-0.1, -0.05) is 38.5 Å². The Morgan fingerprint density at radius 3 is 2.62 bits per heavy atom. The van der Waals surface area contributed by atoms with Crippen LogP contribution in [-0.2, 0) is 4.74 Å². The van der Waals surface area contributed by atoms with Crippen molar-refractivity contribution in [3.8, 4) is 0 Å². The van der Waals surface area contributed by atoms with Crippen LogP contribution in [0.15, 0.2) is 4.99 Å². The zero-order chi connectivity index (χ0) is 16.6. The molecule has 0 aromatic carbocycles. The minimum atomic E-state index is 0.676. The van der Waals surface area contributed by atoms with E-state index in [-0.39, 0.29) is 0 Å². The Bertz CT molecular complexity index is 389. The lowest BCUT2D eigenvalue weighted by Gasteiger charge is -2.32.